The van der Waals surface area contributed by atoms with Crippen LogP contribution in [-0.2, 0) is 4.79 Å². The molecule has 0 saturated heterocycles. The molecule has 1 aromatic heterocycles. The van der Waals surface area contributed by atoms with Gasteiger partial charge in [0.1, 0.15) is 0 Å². The second-order valence-electron chi connectivity index (χ2n) is 5.95. The van der Waals surface area contributed by atoms with Crippen molar-refractivity contribution in [3.8, 4) is 0 Å². The Labute approximate surface area is 117 Å². The van der Waals surface area contributed by atoms with Crippen molar-refractivity contribution in [2.24, 2.45) is 11.3 Å². The van der Waals surface area contributed by atoms with Crippen LogP contribution >= 0.6 is 0 Å². The predicted octanol–water partition coefficient (Wildman–Crippen LogP) is 1.24. The largest absolute Gasteiger partial charge is 0.481 e. The molecule has 1 aromatic rings. The van der Waals surface area contributed by atoms with Crippen LogP contribution in [0.1, 0.15) is 37.6 Å². The average molecular weight is 280 g/mol. The minimum atomic E-state index is -0.939. The molecule has 1 atom stereocenters. The van der Waals surface area contributed by atoms with Crippen LogP contribution in [0.3, 0.4) is 0 Å². The smallest absolute Gasteiger partial charge is 0.308 e. The number of carboxylic acids is 1. The first-order valence-electron chi connectivity index (χ1n) is 6.39. The first kappa shape index (κ1) is 15.9. The number of nitrogens with one attached hydrogen (secondary N) is 2. The van der Waals surface area contributed by atoms with Crippen molar-refractivity contribution in [1.29, 1.82) is 0 Å². The minimum Gasteiger partial charge on any atom is -0.481 e. The lowest BCUT2D eigenvalue weighted by Crippen LogP contribution is -2.35. The molecule has 0 saturated carbocycles. The number of carbonyl (C=O) groups is 2. The number of rotatable bonds is 5. The van der Waals surface area contributed by atoms with Gasteiger partial charge in [-0.3, -0.25) is 14.4 Å². The van der Waals surface area contributed by atoms with Crippen LogP contribution in [0.2, 0.25) is 0 Å². The molecular formula is C14H20N2O4. The zero-order valence-corrected chi connectivity index (χ0v) is 11.9. The molecule has 0 aliphatic rings. The van der Waals surface area contributed by atoms with Crippen LogP contribution in [0.15, 0.2) is 23.1 Å². The van der Waals surface area contributed by atoms with Crippen LogP contribution in [0.4, 0.5) is 0 Å². The Hall–Kier alpha value is -2.11. The molecule has 1 heterocycles. The second kappa shape index (κ2) is 6.36. The van der Waals surface area contributed by atoms with E-state index < -0.39 is 17.8 Å². The number of amides is 1. The van der Waals surface area contributed by atoms with Crippen molar-refractivity contribution >= 4 is 11.9 Å². The standard InChI is InChI=1S/C14H20N2O4/c1-14(2,3)7-10(13(19)20)8-16-12(18)9-4-5-15-11(17)6-9/h4-6,10H,7-8H2,1-3H3,(H,15,17)(H,16,18)(H,19,20). The van der Waals surface area contributed by atoms with Gasteiger partial charge in [0.2, 0.25) is 5.56 Å². The topological polar surface area (TPSA) is 99.3 Å². The highest BCUT2D eigenvalue weighted by Gasteiger charge is 2.25. The molecule has 1 amide bonds. The summed E-state index contributed by atoms with van der Waals surface area (Å²) in [5, 5.41) is 11.7. The summed E-state index contributed by atoms with van der Waals surface area (Å²) in [7, 11) is 0. The number of H-pyrrole nitrogens is 1. The van der Waals surface area contributed by atoms with E-state index >= 15 is 0 Å². The minimum absolute atomic E-state index is 0.0399. The molecule has 110 valence electrons. The maximum absolute atomic E-state index is 11.8. The molecule has 1 rings (SSSR count). The molecule has 0 fully saturated rings. The number of carbonyl (C=O) groups excluding carboxylic acids is 1. The molecule has 0 radical (unpaired) electrons. The maximum Gasteiger partial charge on any atom is 0.308 e. The zero-order chi connectivity index (χ0) is 15.3. The SMILES string of the molecule is CC(C)(C)CC(CNC(=O)c1cc[nH]c(=O)c1)C(=O)O. The zero-order valence-electron chi connectivity index (χ0n) is 11.9. The van der Waals surface area contributed by atoms with Gasteiger partial charge in [0.15, 0.2) is 0 Å². The van der Waals surface area contributed by atoms with E-state index in [0.29, 0.717) is 6.42 Å². The van der Waals surface area contributed by atoms with Crippen molar-refractivity contribution < 1.29 is 14.7 Å². The van der Waals surface area contributed by atoms with Gasteiger partial charge in [0.25, 0.3) is 5.91 Å². The van der Waals surface area contributed by atoms with Gasteiger partial charge in [0, 0.05) is 24.4 Å². The van der Waals surface area contributed by atoms with Gasteiger partial charge in [-0.2, -0.15) is 0 Å². The van der Waals surface area contributed by atoms with Crippen LogP contribution in [0.25, 0.3) is 0 Å². The fourth-order valence-electron chi connectivity index (χ4n) is 1.89. The Morgan fingerprint density at radius 3 is 2.55 bits per heavy atom. The van der Waals surface area contributed by atoms with Gasteiger partial charge in [-0.05, 0) is 17.9 Å². The highest BCUT2D eigenvalue weighted by molar-refractivity contribution is 5.94. The lowest BCUT2D eigenvalue weighted by molar-refractivity contribution is -0.142. The molecule has 0 aliphatic carbocycles. The lowest BCUT2D eigenvalue weighted by Gasteiger charge is -2.23. The first-order chi connectivity index (χ1) is 9.19. The lowest BCUT2D eigenvalue weighted by atomic mass is 9.84. The summed E-state index contributed by atoms with van der Waals surface area (Å²) in [6.07, 6.45) is 1.83. The fraction of sp³-hybridized carbons (Fsp3) is 0.500. The van der Waals surface area contributed by atoms with Crippen molar-refractivity contribution in [2.75, 3.05) is 6.54 Å². The molecule has 0 aromatic carbocycles. The van der Waals surface area contributed by atoms with Crippen LogP contribution in [-0.4, -0.2) is 28.5 Å². The van der Waals surface area contributed by atoms with Gasteiger partial charge in [0.05, 0.1) is 5.92 Å². The highest BCUT2D eigenvalue weighted by Crippen LogP contribution is 2.24. The van der Waals surface area contributed by atoms with Crippen molar-refractivity contribution in [3.63, 3.8) is 0 Å². The van der Waals surface area contributed by atoms with E-state index in [1.807, 2.05) is 20.8 Å². The molecule has 1 unspecified atom stereocenters. The summed E-state index contributed by atoms with van der Waals surface area (Å²) in [5.41, 5.74) is -0.298. The Balaban J connectivity index is 2.66. The molecule has 0 aliphatic heterocycles. The van der Waals surface area contributed by atoms with Crippen molar-refractivity contribution in [1.82, 2.24) is 10.3 Å². The van der Waals surface area contributed by atoms with Gasteiger partial charge in [-0.1, -0.05) is 20.8 Å². The molecule has 20 heavy (non-hydrogen) atoms. The third-order valence-electron chi connectivity index (χ3n) is 2.75. The number of hydrogen-bond acceptors (Lipinski definition) is 3. The third kappa shape index (κ3) is 5.26. The quantitative estimate of drug-likeness (QED) is 0.755. The van der Waals surface area contributed by atoms with E-state index in [1.165, 1.54) is 18.3 Å². The Morgan fingerprint density at radius 2 is 2.05 bits per heavy atom. The summed E-state index contributed by atoms with van der Waals surface area (Å²) in [6, 6.07) is 2.64. The van der Waals surface area contributed by atoms with E-state index in [4.69, 9.17) is 5.11 Å². The number of hydrogen-bond donors (Lipinski definition) is 3. The molecule has 0 spiro atoms. The first-order valence-corrected chi connectivity index (χ1v) is 6.39. The van der Waals surface area contributed by atoms with Crippen LogP contribution in [0, 0.1) is 11.3 Å². The molecular weight excluding hydrogens is 260 g/mol. The maximum atomic E-state index is 11.8. The summed E-state index contributed by atoms with van der Waals surface area (Å²) < 4.78 is 0. The molecule has 6 heteroatoms. The summed E-state index contributed by atoms with van der Waals surface area (Å²) in [5.74, 6) is -2.04. The van der Waals surface area contributed by atoms with E-state index in [0.717, 1.165) is 0 Å². The van der Waals surface area contributed by atoms with E-state index in [9.17, 15) is 14.4 Å². The number of aromatic amines is 1. The second-order valence-corrected chi connectivity index (χ2v) is 5.95. The monoisotopic (exact) mass is 280 g/mol. The van der Waals surface area contributed by atoms with Gasteiger partial charge < -0.3 is 15.4 Å². The predicted molar refractivity (Wildman–Crippen MR) is 74.6 cm³/mol. The summed E-state index contributed by atoms with van der Waals surface area (Å²) in [4.78, 5) is 36.5. The fourth-order valence-corrected chi connectivity index (χ4v) is 1.89. The number of aromatic nitrogens is 1. The third-order valence-corrected chi connectivity index (χ3v) is 2.75. The Bertz CT molecular complexity index is 543. The Kier molecular flexibility index (Phi) is 5.07. The van der Waals surface area contributed by atoms with Gasteiger partial charge in [-0.15, -0.1) is 0 Å². The van der Waals surface area contributed by atoms with Gasteiger partial charge in [-0.25, -0.2) is 0 Å². The normalized spacial score (nSPS) is 12.8. The number of pyridine rings is 1. The van der Waals surface area contributed by atoms with Crippen LogP contribution < -0.4 is 10.9 Å². The van der Waals surface area contributed by atoms with E-state index in [2.05, 4.69) is 10.3 Å². The van der Waals surface area contributed by atoms with E-state index in [-0.39, 0.29) is 23.1 Å². The molecule has 6 nitrogen and oxygen atoms in total. The van der Waals surface area contributed by atoms with E-state index in [1.54, 1.807) is 0 Å². The number of aliphatic carboxylic acids is 1. The number of carboxylic acid groups (broad SMARTS) is 1. The summed E-state index contributed by atoms with van der Waals surface area (Å²) in [6.45, 7) is 5.88. The van der Waals surface area contributed by atoms with Crippen molar-refractivity contribution in [3.05, 3.63) is 34.2 Å². The Morgan fingerprint density at radius 1 is 1.40 bits per heavy atom. The summed E-state index contributed by atoms with van der Waals surface area (Å²) >= 11 is 0. The van der Waals surface area contributed by atoms with Gasteiger partial charge >= 0.3 is 5.97 Å². The highest BCUT2D eigenvalue weighted by atomic mass is 16.4. The molecule has 0 bridgehead atoms. The average Bonchev–Trinajstić information content (AvgIpc) is 2.32. The van der Waals surface area contributed by atoms with Crippen molar-refractivity contribution in [2.45, 2.75) is 27.2 Å². The van der Waals surface area contributed by atoms with Crippen LogP contribution in [0.5, 0.6) is 0 Å². The molecule has 3 N–H and O–H groups in total.